The molecule has 0 amide bonds. The quantitative estimate of drug-likeness (QED) is 0.407. The number of halogens is 2. The summed E-state index contributed by atoms with van der Waals surface area (Å²) in [5, 5.41) is 0. The van der Waals surface area contributed by atoms with Crippen LogP contribution in [0.4, 0.5) is 0 Å². The minimum Gasteiger partial charge on any atom is -0.435 e. The number of hydrogen-bond donors (Lipinski definition) is 0. The van der Waals surface area contributed by atoms with Gasteiger partial charge in [0.25, 0.3) is 31.9 Å². The van der Waals surface area contributed by atoms with Crippen LogP contribution in [0.5, 0.6) is 0 Å². The molecule has 0 atom stereocenters. The fourth-order valence-electron chi connectivity index (χ4n) is 1.63. The first kappa shape index (κ1) is 20.5. The lowest BCUT2D eigenvalue weighted by atomic mass is 10.7. The van der Waals surface area contributed by atoms with E-state index < -0.39 is 31.9 Å². The van der Waals surface area contributed by atoms with Gasteiger partial charge in [0, 0.05) is 0 Å². The first-order valence-electron chi connectivity index (χ1n) is 6.44. The highest BCUT2D eigenvalue weighted by Crippen LogP contribution is 2.17. The summed E-state index contributed by atoms with van der Waals surface area (Å²) in [7, 11) is -8.25. The highest BCUT2D eigenvalue weighted by atomic mass is 35.6. The SMILES string of the molecule is C[Si](C)(Cl)O[Si](C)(C)C#CC#C[Si](C)(C)O[Si](C)(C)Cl. The highest BCUT2D eigenvalue weighted by Gasteiger charge is 2.31. The molecular weight excluding hydrogens is 359 g/mol. The molecule has 0 fully saturated rings. The molecule has 0 rings (SSSR count). The number of hydrogen-bond acceptors (Lipinski definition) is 2. The van der Waals surface area contributed by atoms with Crippen molar-refractivity contribution in [3.63, 3.8) is 0 Å². The first-order valence-corrected chi connectivity index (χ1v) is 20.1. The Morgan fingerprint density at radius 3 is 1.05 bits per heavy atom. The molecule has 0 aliphatic carbocycles. The molecule has 0 saturated carbocycles. The number of rotatable bonds is 4. The van der Waals surface area contributed by atoms with E-state index in [0.717, 1.165) is 0 Å². The summed E-state index contributed by atoms with van der Waals surface area (Å²) < 4.78 is 11.8. The average molecular weight is 384 g/mol. The molecule has 0 N–H and O–H groups in total. The molecule has 0 radical (unpaired) electrons. The van der Waals surface area contributed by atoms with Crippen molar-refractivity contribution in [3.05, 3.63) is 0 Å². The first-order chi connectivity index (χ1) is 8.62. The molecule has 0 spiro atoms. The predicted octanol–water partition coefficient (Wildman–Crippen LogP) is 4.40. The van der Waals surface area contributed by atoms with Crippen molar-refractivity contribution in [3.8, 4) is 22.9 Å². The van der Waals surface area contributed by atoms with E-state index in [1.807, 2.05) is 52.4 Å². The van der Waals surface area contributed by atoms with Gasteiger partial charge in [-0.25, -0.2) is 0 Å². The van der Waals surface area contributed by atoms with Crippen LogP contribution < -0.4 is 0 Å². The Morgan fingerprint density at radius 2 is 0.850 bits per heavy atom. The molecule has 0 aliphatic rings. The predicted molar refractivity (Wildman–Crippen MR) is 99.4 cm³/mol. The normalized spacial score (nSPS) is 13.1. The third kappa shape index (κ3) is 12.2. The molecule has 0 aromatic heterocycles. The Kier molecular flexibility index (Phi) is 7.34. The molecule has 0 aliphatic heterocycles. The largest absolute Gasteiger partial charge is 0.435 e. The summed E-state index contributed by atoms with van der Waals surface area (Å²) in [4.78, 5) is 0. The second kappa shape index (κ2) is 7.17. The highest BCUT2D eigenvalue weighted by molar-refractivity contribution is 7.18. The van der Waals surface area contributed by atoms with Gasteiger partial charge in [0.15, 0.2) is 0 Å². The summed E-state index contributed by atoms with van der Waals surface area (Å²) in [6, 6.07) is 0. The van der Waals surface area contributed by atoms with Crippen LogP contribution in [-0.4, -0.2) is 31.9 Å². The van der Waals surface area contributed by atoms with E-state index in [9.17, 15) is 0 Å². The minimum atomic E-state index is -2.07. The van der Waals surface area contributed by atoms with E-state index in [-0.39, 0.29) is 0 Å². The molecule has 20 heavy (non-hydrogen) atoms. The van der Waals surface area contributed by atoms with Gasteiger partial charge < -0.3 is 8.23 Å². The summed E-state index contributed by atoms with van der Waals surface area (Å²) in [6.07, 6.45) is 0. The lowest BCUT2D eigenvalue weighted by molar-refractivity contribution is 0.582. The lowest BCUT2D eigenvalue weighted by Gasteiger charge is -2.24. The topological polar surface area (TPSA) is 18.5 Å². The van der Waals surface area contributed by atoms with Gasteiger partial charge in [-0.1, -0.05) is 11.1 Å². The molecule has 0 aromatic rings. The molecule has 0 heterocycles. The standard InChI is InChI=1S/C12H24Cl2O2Si4/c1-17(2,15-19(5,6)13)11-9-10-12-18(3,4)16-20(7,8)14/h1-8H3. The van der Waals surface area contributed by atoms with Crippen molar-refractivity contribution in [2.24, 2.45) is 0 Å². The van der Waals surface area contributed by atoms with Crippen molar-refractivity contribution < 1.29 is 8.23 Å². The van der Waals surface area contributed by atoms with Crippen LogP contribution in [0, 0.1) is 22.9 Å². The van der Waals surface area contributed by atoms with Crippen LogP contribution in [0.25, 0.3) is 0 Å². The van der Waals surface area contributed by atoms with Gasteiger partial charge >= 0.3 is 0 Å². The van der Waals surface area contributed by atoms with Gasteiger partial charge in [-0.2, -0.15) is 0 Å². The van der Waals surface area contributed by atoms with E-state index in [1.165, 1.54) is 0 Å². The average Bonchev–Trinajstić information content (AvgIpc) is 2.04. The third-order valence-electron chi connectivity index (χ3n) is 1.79. The van der Waals surface area contributed by atoms with Gasteiger partial charge in [-0.3, -0.25) is 0 Å². The second-order valence-electron chi connectivity index (χ2n) is 6.45. The maximum Gasteiger partial charge on any atom is 0.274 e. The van der Waals surface area contributed by atoms with Crippen LogP contribution in [-0.2, 0) is 8.23 Å². The van der Waals surface area contributed by atoms with E-state index >= 15 is 0 Å². The van der Waals surface area contributed by atoms with Gasteiger partial charge in [0.1, 0.15) is 0 Å². The fraction of sp³-hybridized carbons (Fsp3) is 0.667. The second-order valence-corrected chi connectivity index (χ2v) is 25.5. The molecule has 8 heteroatoms. The maximum absolute atomic E-state index is 6.20. The van der Waals surface area contributed by atoms with Crippen molar-refractivity contribution in [2.45, 2.75) is 52.4 Å². The lowest BCUT2D eigenvalue weighted by Crippen LogP contribution is -2.40. The van der Waals surface area contributed by atoms with Gasteiger partial charge in [0.2, 0.25) is 0 Å². The van der Waals surface area contributed by atoms with E-state index in [2.05, 4.69) is 22.9 Å². The van der Waals surface area contributed by atoms with Gasteiger partial charge in [-0.15, -0.1) is 22.2 Å². The maximum atomic E-state index is 6.20. The van der Waals surface area contributed by atoms with Crippen molar-refractivity contribution in [1.29, 1.82) is 0 Å². The van der Waals surface area contributed by atoms with E-state index in [1.54, 1.807) is 0 Å². The smallest absolute Gasteiger partial charge is 0.274 e. The molecule has 114 valence electrons. The molecule has 0 aromatic carbocycles. The van der Waals surface area contributed by atoms with E-state index in [0.29, 0.717) is 0 Å². The van der Waals surface area contributed by atoms with Crippen molar-refractivity contribution in [2.75, 3.05) is 0 Å². The summed E-state index contributed by atoms with van der Waals surface area (Å²) in [6.45, 7) is 15.9. The Balaban J connectivity index is 4.81. The Morgan fingerprint density at radius 1 is 0.600 bits per heavy atom. The zero-order chi connectivity index (χ0) is 16.2. The Labute approximate surface area is 137 Å². The van der Waals surface area contributed by atoms with Crippen LogP contribution in [0.15, 0.2) is 0 Å². The van der Waals surface area contributed by atoms with Gasteiger partial charge in [0.05, 0.1) is 0 Å². The summed E-state index contributed by atoms with van der Waals surface area (Å²) in [5.41, 5.74) is 6.28. The van der Waals surface area contributed by atoms with Crippen molar-refractivity contribution in [1.82, 2.24) is 0 Å². The molecule has 0 saturated heterocycles. The molecule has 0 bridgehead atoms. The Hall–Kier alpha value is 0.488. The third-order valence-corrected chi connectivity index (χ3v) is 12.6. The summed E-state index contributed by atoms with van der Waals surface area (Å²) >= 11 is 12.4. The summed E-state index contributed by atoms with van der Waals surface area (Å²) in [5.74, 6) is 5.81. The molecular formula is C12H24Cl2O2Si4. The van der Waals surface area contributed by atoms with Gasteiger partial charge in [-0.05, 0) is 64.2 Å². The minimum absolute atomic E-state index is 1.95. The van der Waals surface area contributed by atoms with Crippen LogP contribution in [0.1, 0.15) is 0 Å². The van der Waals surface area contributed by atoms with Crippen LogP contribution in [0.2, 0.25) is 52.4 Å². The molecule has 0 unspecified atom stereocenters. The molecule has 2 nitrogen and oxygen atoms in total. The van der Waals surface area contributed by atoms with Crippen LogP contribution >= 0.6 is 22.2 Å². The van der Waals surface area contributed by atoms with E-state index in [4.69, 9.17) is 30.4 Å². The monoisotopic (exact) mass is 382 g/mol. The zero-order valence-corrected chi connectivity index (χ0v) is 19.1. The zero-order valence-electron chi connectivity index (χ0n) is 13.6. The Bertz CT molecular complexity index is 412. The fourth-order valence-corrected chi connectivity index (χ4v) is 15.9. The van der Waals surface area contributed by atoms with Crippen LogP contribution in [0.3, 0.4) is 0 Å². The van der Waals surface area contributed by atoms with Crippen molar-refractivity contribution >= 4 is 54.0 Å².